The molecule has 1 aliphatic rings. The number of aliphatic hydroxyl groups is 1. The van der Waals surface area contributed by atoms with Gasteiger partial charge >= 0.3 is 0 Å². The van der Waals surface area contributed by atoms with Crippen LogP contribution < -0.4 is 9.64 Å². The fraction of sp³-hybridized carbons (Fsp3) is 0.200. The zero-order chi connectivity index (χ0) is 30.8. The van der Waals surface area contributed by atoms with Gasteiger partial charge in [0.15, 0.2) is 5.75 Å². The molecule has 0 saturated carbocycles. The second-order valence-corrected chi connectivity index (χ2v) is 10.6. The van der Waals surface area contributed by atoms with E-state index < -0.39 is 0 Å². The lowest BCUT2D eigenvalue weighted by Crippen LogP contribution is -2.43. The van der Waals surface area contributed by atoms with Gasteiger partial charge in [-0.2, -0.15) is 10.5 Å². The van der Waals surface area contributed by atoms with Gasteiger partial charge in [0, 0.05) is 24.6 Å². The first kappa shape index (κ1) is 30.3. The van der Waals surface area contributed by atoms with Crippen LogP contribution in [0.25, 0.3) is 21.5 Å². The molecule has 0 unspecified atom stereocenters. The molecule has 0 atom stereocenters. The molecule has 0 spiro atoms. The lowest BCUT2D eigenvalue weighted by Gasteiger charge is -2.30. The Balaban J connectivity index is 1.75. The smallest absolute Gasteiger partial charge is 0.270 e. The second kappa shape index (κ2) is 13.8. The third-order valence-corrected chi connectivity index (χ3v) is 7.23. The van der Waals surface area contributed by atoms with E-state index in [-0.39, 0.29) is 23.5 Å². The van der Waals surface area contributed by atoms with Gasteiger partial charge in [-0.15, -0.1) is 0 Å². The topological polar surface area (TPSA) is 108 Å². The first-order chi connectivity index (χ1) is 20.8. The number of fused-ring (bicyclic) bond motifs is 1. The number of rotatable bonds is 10. The van der Waals surface area contributed by atoms with Crippen molar-refractivity contribution in [1.82, 2.24) is 0 Å². The van der Waals surface area contributed by atoms with Crippen molar-refractivity contribution in [3.8, 4) is 35.1 Å². The molecule has 0 amide bonds. The Labute approximate surface area is 252 Å². The van der Waals surface area contributed by atoms with E-state index in [1.54, 1.807) is 36.4 Å². The number of allylic oxidation sites excluding steroid dienone is 5. The Morgan fingerprint density at radius 1 is 0.977 bits per heavy atom. The SMILES string of the molecule is [C-]#[N+]\C(C#N)=C(/C(C#N)=C/C=C1\Oc2ccc(-c3ccccc3)cc2N1CCC[N+](C)(C)CCO)c1ccc(C#N)cc1. The van der Waals surface area contributed by atoms with E-state index in [1.807, 2.05) is 36.4 Å². The Morgan fingerprint density at radius 2 is 1.72 bits per heavy atom. The number of nitrogens with zero attached hydrogens (tertiary/aromatic N) is 6. The first-order valence-electron chi connectivity index (χ1n) is 13.8. The lowest BCUT2D eigenvalue weighted by atomic mass is 9.95. The van der Waals surface area contributed by atoms with E-state index in [9.17, 15) is 20.9 Å². The van der Waals surface area contributed by atoms with Gasteiger partial charge in [-0.05, 0) is 47.0 Å². The predicted molar refractivity (Wildman–Crippen MR) is 165 cm³/mol. The summed E-state index contributed by atoms with van der Waals surface area (Å²) < 4.78 is 6.95. The fourth-order valence-electron chi connectivity index (χ4n) is 4.90. The average Bonchev–Trinajstić information content (AvgIpc) is 3.37. The minimum atomic E-state index is -0.222. The van der Waals surface area contributed by atoms with E-state index in [1.165, 1.54) is 0 Å². The maximum Gasteiger partial charge on any atom is 0.270 e. The molecule has 1 heterocycles. The number of hydrogen-bond acceptors (Lipinski definition) is 6. The third kappa shape index (κ3) is 7.17. The van der Waals surface area contributed by atoms with Gasteiger partial charge in [0.1, 0.15) is 6.54 Å². The number of ether oxygens (including phenoxy) is 1. The number of anilines is 1. The lowest BCUT2D eigenvalue weighted by molar-refractivity contribution is -0.890. The molecule has 4 rings (SSSR count). The molecule has 0 aliphatic carbocycles. The zero-order valence-corrected chi connectivity index (χ0v) is 24.2. The van der Waals surface area contributed by atoms with Crippen molar-refractivity contribution in [3.05, 3.63) is 125 Å². The standard InChI is InChI=1S/C35H31N6O2/c1-39-31(25-38)35(28-12-10-26(23-36)11-13-28)30(24-37)15-17-34-40(18-7-19-41(2,3)20-21-42)32-22-29(14-16-33(32)43-34)27-8-5-4-6-9-27/h4-6,8-17,22,42H,7,18-21H2,2-3H3/q+1/b30-15+,34-17-,35-31-. The molecule has 1 N–H and O–H groups in total. The van der Waals surface area contributed by atoms with Crippen LogP contribution in [0.5, 0.6) is 5.75 Å². The van der Waals surface area contributed by atoms with Gasteiger partial charge in [0.25, 0.3) is 5.70 Å². The summed E-state index contributed by atoms with van der Waals surface area (Å²) in [5.41, 5.74) is 4.02. The molecule has 8 heteroatoms. The van der Waals surface area contributed by atoms with Crippen molar-refractivity contribution >= 4 is 11.3 Å². The highest BCUT2D eigenvalue weighted by Gasteiger charge is 2.27. The largest absolute Gasteiger partial charge is 0.439 e. The number of benzene rings is 3. The molecule has 8 nitrogen and oxygen atoms in total. The maximum atomic E-state index is 10.1. The molecule has 0 saturated heterocycles. The highest BCUT2D eigenvalue weighted by Crippen LogP contribution is 2.42. The molecule has 0 radical (unpaired) electrons. The highest BCUT2D eigenvalue weighted by molar-refractivity contribution is 5.88. The van der Waals surface area contributed by atoms with Gasteiger partial charge in [0.2, 0.25) is 5.88 Å². The number of aliphatic hydroxyl groups excluding tert-OH is 1. The summed E-state index contributed by atoms with van der Waals surface area (Å²) in [6.07, 6.45) is 4.06. The Kier molecular flexibility index (Phi) is 9.74. The van der Waals surface area contributed by atoms with Crippen molar-refractivity contribution in [2.45, 2.75) is 6.42 Å². The Bertz CT molecular complexity index is 1730. The molecule has 0 aromatic heterocycles. The summed E-state index contributed by atoms with van der Waals surface area (Å²) in [5.74, 6) is 1.20. The molecular weight excluding hydrogens is 536 g/mol. The minimum Gasteiger partial charge on any atom is -0.439 e. The van der Waals surface area contributed by atoms with Crippen LogP contribution in [0, 0.1) is 40.6 Å². The number of likely N-dealkylation sites (N-methyl/N-ethyl adjacent to an activating group) is 1. The summed E-state index contributed by atoms with van der Waals surface area (Å²) in [6.45, 7) is 9.76. The van der Waals surface area contributed by atoms with Crippen molar-refractivity contribution in [3.63, 3.8) is 0 Å². The van der Waals surface area contributed by atoms with Gasteiger partial charge in [-0.1, -0.05) is 48.5 Å². The van der Waals surface area contributed by atoms with Crippen LogP contribution in [0.1, 0.15) is 17.5 Å². The van der Waals surface area contributed by atoms with E-state index in [2.05, 4.69) is 54.2 Å². The van der Waals surface area contributed by atoms with E-state index in [0.717, 1.165) is 29.8 Å². The zero-order valence-electron chi connectivity index (χ0n) is 24.2. The normalized spacial score (nSPS) is 14.1. The first-order valence-corrected chi connectivity index (χ1v) is 13.8. The highest BCUT2D eigenvalue weighted by atomic mass is 16.5. The van der Waals surface area contributed by atoms with E-state index in [4.69, 9.17) is 11.3 Å². The summed E-state index contributed by atoms with van der Waals surface area (Å²) in [6, 6.07) is 28.6. The summed E-state index contributed by atoms with van der Waals surface area (Å²) in [4.78, 5) is 5.44. The Hall–Kier alpha value is -5.64. The quantitative estimate of drug-likeness (QED) is 0.139. The minimum absolute atomic E-state index is 0.111. The van der Waals surface area contributed by atoms with Crippen molar-refractivity contribution < 1.29 is 14.3 Å². The third-order valence-electron chi connectivity index (χ3n) is 7.23. The van der Waals surface area contributed by atoms with Crippen LogP contribution in [0.4, 0.5) is 5.69 Å². The molecular formula is C35H31N6O2+. The molecule has 212 valence electrons. The molecule has 1 aliphatic heterocycles. The van der Waals surface area contributed by atoms with Crippen molar-refractivity contribution in [1.29, 1.82) is 15.8 Å². The number of hydrogen-bond donors (Lipinski definition) is 1. The monoisotopic (exact) mass is 567 g/mol. The van der Waals surface area contributed by atoms with Crippen LogP contribution in [-0.4, -0.2) is 49.9 Å². The van der Waals surface area contributed by atoms with Crippen LogP contribution in [0.2, 0.25) is 0 Å². The van der Waals surface area contributed by atoms with Gasteiger partial charge < -0.3 is 19.2 Å². The average molecular weight is 568 g/mol. The molecule has 3 aromatic rings. The molecule has 43 heavy (non-hydrogen) atoms. The van der Waals surface area contributed by atoms with E-state index >= 15 is 0 Å². The molecule has 0 bridgehead atoms. The summed E-state index contributed by atoms with van der Waals surface area (Å²) >= 11 is 0. The molecule has 3 aromatic carbocycles. The number of quaternary nitrogens is 1. The van der Waals surface area contributed by atoms with Gasteiger partial charge in [-0.3, -0.25) is 0 Å². The van der Waals surface area contributed by atoms with Crippen molar-refractivity contribution in [2.75, 3.05) is 45.2 Å². The van der Waals surface area contributed by atoms with Gasteiger partial charge in [-0.25, -0.2) is 10.1 Å². The van der Waals surface area contributed by atoms with Crippen LogP contribution in [-0.2, 0) is 0 Å². The number of nitriles is 3. The predicted octanol–water partition coefficient (Wildman–Crippen LogP) is 6.03. The summed E-state index contributed by atoms with van der Waals surface area (Å²) in [7, 11) is 4.16. The Morgan fingerprint density at radius 3 is 2.35 bits per heavy atom. The van der Waals surface area contributed by atoms with Crippen LogP contribution in [0.3, 0.4) is 0 Å². The molecule has 0 fully saturated rings. The van der Waals surface area contributed by atoms with Gasteiger partial charge in [0.05, 0.1) is 68.9 Å². The van der Waals surface area contributed by atoms with Crippen LogP contribution in [0.15, 0.2) is 102 Å². The fourth-order valence-corrected chi connectivity index (χ4v) is 4.90. The maximum absolute atomic E-state index is 10.1. The second-order valence-electron chi connectivity index (χ2n) is 10.6. The summed E-state index contributed by atoms with van der Waals surface area (Å²) in [5, 5.41) is 38.5. The van der Waals surface area contributed by atoms with E-state index in [0.29, 0.717) is 40.3 Å². The van der Waals surface area contributed by atoms with Crippen LogP contribution >= 0.6 is 0 Å². The van der Waals surface area contributed by atoms with Crippen molar-refractivity contribution in [2.24, 2.45) is 0 Å².